The van der Waals surface area contributed by atoms with Crippen LogP contribution >= 0.6 is 11.3 Å². The fraction of sp³-hybridized carbons (Fsp3) is 0.706. The Balaban J connectivity index is 1.85. The number of hydrogen-bond acceptors (Lipinski definition) is 4. The molecule has 1 saturated heterocycles. The zero-order valence-corrected chi connectivity index (χ0v) is 14.9. The highest BCUT2D eigenvalue weighted by atomic mass is 32.1. The Bertz CT molecular complexity index is 481. The summed E-state index contributed by atoms with van der Waals surface area (Å²) in [6.07, 6.45) is 2.50. The summed E-state index contributed by atoms with van der Waals surface area (Å²) in [6.45, 7) is 9.85. The number of nitrogens with zero attached hydrogens (tertiary/aromatic N) is 1. The van der Waals surface area contributed by atoms with Gasteiger partial charge in [-0.15, -0.1) is 11.3 Å². The second-order valence-corrected chi connectivity index (χ2v) is 7.90. The van der Waals surface area contributed by atoms with E-state index in [0.29, 0.717) is 19.7 Å². The van der Waals surface area contributed by atoms with Crippen molar-refractivity contribution >= 4 is 17.4 Å². The molecule has 0 N–H and O–H groups in total. The number of hydrogen-bond donors (Lipinski definition) is 0. The van der Waals surface area contributed by atoms with Crippen LogP contribution in [-0.4, -0.2) is 41.9 Å². The SMILES string of the molecule is CCC1(OCCc2cccs2)CCN(C(=O)OC(C)(C)C)C1. The predicted octanol–water partition coefficient (Wildman–Crippen LogP) is 4.10. The number of amides is 1. The Morgan fingerprint density at radius 2 is 2.23 bits per heavy atom. The van der Waals surface area contributed by atoms with E-state index in [1.807, 2.05) is 20.8 Å². The monoisotopic (exact) mass is 325 g/mol. The summed E-state index contributed by atoms with van der Waals surface area (Å²) < 4.78 is 11.6. The van der Waals surface area contributed by atoms with E-state index in [1.54, 1.807) is 16.2 Å². The number of likely N-dealkylation sites (tertiary alicyclic amines) is 1. The molecule has 1 aromatic rings. The molecule has 0 bridgehead atoms. The molecular formula is C17H27NO3S. The number of carbonyl (C=O) groups excluding carboxylic acids is 1. The van der Waals surface area contributed by atoms with Crippen LogP contribution in [0.5, 0.6) is 0 Å². The molecule has 0 spiro atoms. The minimum atomic E-state index is -0.450. The highest BCUT2D eigenvalue weighted by Crippen LogP contribution is 2.30. The van der Waals surface area contributed by atoms with Gasteiger partial charge in [-0.25, -0.2) is 4.79 Å². The van der Waals surface area contributed by atoms with Crippen LogP contribution in [0.2, 0.25) is 0 Å². The van der Waals surface area contributed by atoms with E-state index >= 15 is 0 Å². The molecule has 22 heavy (non-hydrogen) atoms. The number of carbonyl (C=O) groups is 1. The van der Waals surface area contributed by atoms with Gasteiger partial charge in [0.05, 0.1) is 18.8 Å². The van der Waals surface area contributed by atoms with E-state index < -0.39 is 5.60 Å². The lowest BCUT2D eigenvalue weighted by Crippen LogP contribution is -2.40. The van der Waals surface area contributed by atoms with Crippen molar-refractivity contribution in [2.24, 2.45) is 0 Å². The molecule has 1 aliphatic heterocycles. The van der Waals surface area contributed by atoms with E-state index in [9.17, 15) is 4.79 Å². The van der Waals surface area contributed by atoms with E-state index in [4.69, 9.17) is 9.47 Å². The molecule has 1 atom stereocenters. The molecule has 124 valence electrons. The number of thiophene rings is 1. The van der Waals surface area contributed by atoms with E-state index in [2.05, 4.69) is 24.4 Å². The maximum Gasteiger partial charge on any atom is 0.410 e. The summed E-state index contributed by atoms with van der Waals surface area (Å²) in [4.78, 5) is 15.3. The van der Waals surface area contributed by atoms with Crippen LogP contribution < -0.4 is 0 Å². The van der Waals surface area contributed by atoms with Crippen LogP contribution in [0.25, 0.3) is 0 Å². The smallest absolute Gasteiger partial charge is 0.410 e. The molecule has 0 aliphatic carbocycles. The van der Waals surface area contributed by atoms with Crippen molar-refractivity contribution in [2.75, 3.05) is 19.7 Å². The van der Waals surface area contributed by atoms with Gasteiger partial charge < -0.3 is 14.4 Å². The third-order valence-electron chi connectivity index (χ3n) is 3.95. The quantitative estimate of drug-likeness (QED) is 0.818. The third-order valence-corrected chi connectivity index (χ3v) is 4.89. The molecule has 2 rings (SSSR count). The maximum absolute atomic E-state index is 12.2. The molecule has 1 aromatic heterocycles. The maximum atomic E-state index is 12.2. The molecule has 5 heteroatoms. The second kappa shape index (κ2) is 7.01. The number of rotatable bonds is 5. The summed E-state index contributed by atoms with van der Waals surface area (Å²) in [5.41, 5.74) is -0.664. The molecule has 0 saturated carbocycles. The molecule has 1 aliphatic rings. The van der Waals surface area contributed by atoms with Crippen LogP contribution in [0.4, 0.5) is 4.79 Å². The van der Waals surface area contributed by atoms with Gasteiger partial charge in [-0.2, -0.15) is 0 Å². The van der Waals surface area contributed by atoms with Gasteiger partial charge in [-0.05, 0) is 45.1 Å². The summed E-state index contributed by atoms with van der Waals surface area (Å²) in [7, 11) is 0. The first-order valence-corrected chi connectivity index (χ1v) is 8.86. The predicted molar refractivity (Wildman–Crippen MR) is 89.4 cm³/mol. The van der Waals surface area contributed by atoms with Crippen molar-refractivity contribution in [3.05, 3.63) is 22.4 Å². The van der Waals surface area contributed by atoms with Crippen molar-refractivity contribution in [3.63, 3.8) is 0 Å². The minimum Gasteiger partial charge on any atom is -0.444 e. The first-order chi connectivity index (χ1) is 10.3. The normalized spacial score (nSPS) is 22.1. The minimum absolute atomic E-state index is 0.214. The highest BCUT2D eigenvalue weighted by Gasteiger charge is 2.40. The van der Waals surface area contributed by atoms with Gasteiger partial charge in [0.1, 0.15) is 5.60 Å². The molecule has 4 nitrogen and oxygen atoms in total. The van der Waals surface area contributed by atoms with E-state index in [1.165, 1.54) is 4.88 Å². The number of ether oxygens (including phenoxy) is 2. The van der Waals surface area contributed by atoms with Crippen molar-refractivity contribution in [1.29, 1.82) is 0 Å². The average molecular weight is 325 g/mol. The van der Waals surface area contributed by atoms with Crippen molar-refractivity contribution < 1.29 is 14.3 Å². The van der Waals surface area contributed by atoms with E-state index in [-0.39, 0.29) is 11.7 Å². The lowest BCUT2D eigenvalue weighted by atomic mass is 10.00. The van der Waals surface area contributed by atoms with Gasteiger partial charge in [0.2, 0.25) is 0 Å². The van der Waals surface area contributed by atoms with Gasteiger partial charge >= 0.3 is 6.09 Å². The van der Waals surface area contributed by atoms with Gasteiger partial charge in [0.15, 0.2) is 0 Å². The molecule has 0 radical (unpaired) electrons. The Labute approximate surface area is 137 Å². The lowest BCUT2D eigenvalue weighted by molar-refractivity contribution is -0.0409. The Morgan fingerprint density at radius 3 is 2.82 bits per heavy atom. The Hall–Kier alpha value is -1.07. The van der Waals surface area contributed by atoms with Crippen LogP contribution in [0.1, 0.15) is 45.4 Å². The molecule has 1 amide bonds. The van der Waals surface area contributed by atoms with Crippen LogP contribution in [0.15, 0.2) is 17.5 Å². The van der Waals surface area contributed by atoms with Gasteiger partial charge in [0, 0.05) is 17.8 Å². The van der Waals surface area contributed by atoms with E-state index in [0.717, 1.165) is 19.3 Å². The van der Waals surface area contributed by atoms with Crippen molar-refractivity contribution in [1.82, 2.24) is 4.90 Å². The summed E-state index contributed by atoms with van der Waals surface area (Å²) >= 11 is 1.76. The lowest BCUT2D eigenvalue weighted by Gasteiger charge is -2.29. The highest BCUT2D eigenvalue weighted by molar-refractivity contribution is 7.09. The van der Waals surface area contributed by atoms with Gasteiger partial charge in [-0.3, -0.25) is 0 Å². The third kappa shape index (κ3) is 4.71. The molecule has 0 aromatic carbocycles. The molecule has 1 fully saturated rings. The van der Waals surface area contributed by atoms with Crippen molar-refractivity contribution in [2.45, 2.75) is 58.2 Å². The van der Waals surface area contributed by atoms with Gasteiger partial charge in [0.25, 0.3) is 0 Å². The summed E-state index contributed by atoms with van der Waals surface area (Å²) in [6, 6.07) is 4.20. The van der Waals surface area contributed by atoms with Gasteiger partial charge in [-0.1, -0.05) is 13.0 Å². The van der Waals surface area contributed by atoms with Crippen molar-refractivity contribution in [3.8, 4) is 0 Å². The zero-order chi connectivity index (χ0) is 16.2. The Kier molecular flexibility index (Phi) is 5.50. The van der Waals surface area contributed by atoms with Crippen LogP contribution in [-0.2, 0) is 15.9 Å². The first kappa shape index (κ1) is 17.3. The average Bonchev–Trinajstić information content (AvgIpc) is 3.07. The largest absolute Gasteiger partial charge is 0.444 e. The van der Waals surface area contributed by atoms with Crippen LogP contribution in [0.3, 0.4) is 0 Å². The topological polar surface area (TPSA) is 38.8 Å². The molecule has 1 unspecified atom stereocenters. The van der Waals surface area contributed by atoms with Crippen LogP contribution in [0, 0.1) is 0 Å². The zero-order valence-electron chi connectivity index (χ0n) is 14.1. The molecule has 2 heterocycles. The standard InChI is InChI=1S/C17H27NO3S/c1-5-17(20-11-8-14-7-6-12-22-14)9-10-18(13-17)15(19)21-16(2,3)4/h6-7,12H,5,8-11,13H2,1-4H3. The second-order valence-electron chi connectivity index (χ2n) is 6.87. The summed E-state index contributed by atoms with van der Waals surface area (Å²) in [5, 5.41) is 2.09. The first-order valence-electron chi connectivity index (χ1n) is 7.98. The Morgan fingerprint density at radius 1 is 1.45 bits per heavy atom. The summed E-state index contributed by atoms with van der Waals surface area (Å²) in [5.74, 6) is 0. The fourth-order valence-corrected chi connectivity index (χ4v) is 3.35. The fourth-order valence-electron chi connectivity index (χ4n) is 2.66. The molecular weight excluding hydrogens is 298 g/mol.